The molecule has 0 aromatic rings. The van der Waals surface area contributed by atoms with Gasteiger partial charge in [0.25, 0.3) is 0 Å². The van der Waals surface area contributed by atoms with Crippen LogP contribution in [0, 0.1) is 16.7 Å². The fourth-order valence-electron chi connectivity index (χ4n) is 1.13. The molecule has 1 aliphatic rings. The number of nitriles is 1. The van der Waals surface area contributed by atoms with Gasteiger partial charge in [-0.25, -0.2) is 0 Å². The zero-order chi connectivity index (χ0) is 7.61. The van der Waals surface area contributed by atoms with Crippen molar-refractivity contribution in [3.63, 3.8) is 0 Å². The van der Waals surface area contributed by atoms with Gasteiger partial charge in [-0.15, -0.1) is 0 Å². The van der Waals surface area contributed by atoms with Crippen LogP contribution < -0.4 is 0 Å². The second-order valence-corrected chi connectivity index (χ2v) is 3.94. The minimum atomic E-state index is -0.0485. The van der Waals surface area contributed by atoms with E-state index in [4.69, 9.17) is 5.26 Å². The topological polar surface area (TPSA) is 27.0 Å². The average Bonchev–Trinajstić information content (AvgIpc) is 1.96. The van der Waals surface area contributed by atoms with E-state index in [-0.39, 0.29) is 5.41 Å². The van der Waals surface area contributed by atoms with Gasteiger partial charge in [0.05, 0.1) is 11.5 Å². The van der Waals surface area contributed by atoms with Crippen LogP contribution in [-0.2, 0) is 0 Å². The highest BCUT2D eigenvalue weighted by molar-refractivity contribution is 7.13. The van der Waals surface area contributed by atoms with E-state index in [1.54, 1.807) is 0 Å². The Kier molecular flexibility index (Phi) is 2.28. The lowest BCUT2D eigenvalue weighted by atomic mass is 9.83. The molecule has 1 rings (SSSR count). The molecule has 1 saturated heterocycles. The maximum absolute atomic E-state index is 8.76. The molecule has 1 atom stereocenters. The summed E-state index contributed by atoms with van der Waals surface area (Å²) in [6.45, 7) is 4.12. The quantitative estimate of drug-likeness (QED) is 0.496. The summed E-state index contributed by atoms with van der Waals surface area (Å²) in [5, 5.41) is 8.76. The van der Waals surface area contributed by atoms with Gasteiger partial charge >= 0.3 is 0 Å². The van der Waals surface area contributed by atoms with Crippen LogP contribution in [0.15, 0.2) is 0 Å². The normalized spacial score (nSPS) is 25.7. The van der Waals surface area contributed by atoms with Crippen LogP contribution in [0.4, 0.5) is 0 Å². The Morgan fingerprint density at radius 3 is 2.40 bits per heavy atom. The Morgan fingerprint density at radius 2 is 2.00 bits per heavy atom. The third-order valence-corrected chi connectivity index (χ3v) is 2.69. The Bertz CT molecular complexity index is 153. The van der Waals surface area contributed by atoms with Crippen molar-refractivity contribution >= 4 is 9.39 Å². The molecule has 0 aromatic heterocycles. The number of nitrogens with zero attached hydrogens (tertiary/aromatic N) is 2. The first-order valence-electron chi connectivity index (χ1n) is 3.57. The van der Waals surface area contributed by atoms with Crippen LogP contribution in [-0.4, -0.2) is 17.8 Å². The standard InChI is InChI=1S/C7H13N2P/c1-7(6-8)2-4-9(10)5-3-7/h2-5,10H2,1H3. The van der Waals surface area contributed by atoms with Gasteiger partial charge in [0, 0.05) is 13.1 Å². The summed E-state index contributed by atoms with van der Waals surface area (Å²) in [5.74, 6) is 0. The van der Waals surface area contributed by atoms with Crippen molar-refractivity contribution in [2.75, 3.05) is 13.1 Å². The SMILES string of the molecule is CC1(C#N)CCN(P)CC1. The van der Waals surface area contributed by atoms with Crippen LogP contribution in [0.2, 0.25) is 0 Å². The van der Waals surface area contributed by atoms with E-state index in [0.717, 1.165) is 25.9 Å². The number of piperidine rings is 1. The van der Waals surface area contributed by atoms with Crippen molar-refractivity contribution in [2.24, 2.45) is 5.41 Å². The van der Waals surface area contributed by atoms with Crippen molar-refractivity contribution in [3.05, 3.63) is 0 Å². The molecule has 56 valence electrons. The molecule has 0 amide bonds. The maximum atomic E-state index is 8.76. The van der Waals surface area contributed by atoms with Crippen LogP contribution in [0.1, 0.15) is 19.8 Å². The fraction of sp³-hybridized carbons (Fsp3) is 0.857. The Balaban J connectivity index is 2.48. The molecular weight excluding hydrogens is 143 g/mol. The predicted molar refractivity (Wildman–Crippen MR) is 44.2 cm³/mol. The molecule has 1 fully saturated rings. The molecule has 0 N–H and O–H groups in total. The molecule has 0 bridgehead atoms. The first kappa shape index (κ1) is 7.98. The van der Waals surface area contributed by atoms with E-state index in [0.29, 0.717) is 0 Å². The molecule has 0 aliphatic carbocycles. The molecule has 10 heavy (non-hydrogen) atoms. The summed E-state index contributed by atoms with van der Waals surface area (Å²) >= 11 is 0. The van der Waals surface area contributed by atoms with Crippen LogP contribution >= 0.6 is 9.39 Å². The highest BCUT2D eigenvalue weighted by Gasteiger charge is 2.28. The van der Waals surface area contributed by atoms with E-state index in [2.05, 4.69) is 20.1 Å². The fourth-order valence-corrected chi connectivity index (χ4v) is 1.39. The van der Waals surface area contributed by atoms with E-state index in [9.17, 15) is 0 Å². The van der Waals surface area contributed by atoms with E-state index in [1.165, 1.54) is 0 Å². The van der Waals surface area contributed by atoms with Gasteiger partial charge in [0.15, 0.2) is 0 Å². The molecule has 3 heteroatoms. The smallest absolute Gasteiger partial charge is 0.0687 e. The molecule has 0 aromatic carbocycles. The lowest BCUT2D eigenvalue weighted by Gasteiger charge is -2.31. The highest BCUT2D eigenvalue weighted by atomic mass is 31.0. The molecular formula is C7H13N2P. The van der Waals surface area contributed by atoms with Gasteiger partial charge in [-0.05, 0) is 19.8 Å². The summed E-state index contributed by atoms with van der Waals surface area (Å²) in [6.07, 6.45) is 2.01. The predicted octanol–water partition coefficient (Wildman–Crippen LogP) is 1.40. The molecule has 1 aliphatic heterocycles. The second-order valence-electron chi connectivity index (χ2n) is 3.21. The molecule has 0 spiro atoms. The monoisotopic (exact) mass is 156 g/mol. The number of hydrogen-bond donors (Lipinski definition) is 0. The lowest BCUT2D eigenvalue weighted by Crippen LogP contribution is -2.32. The third-order valence-electron chi connectivity index (χ3n) is 2.17. The number of rotatable bonds is 0. The maximum Gasteiger partial charge on any atom is 0.0687 e. The minimum Gasteiger partial charge on any atom is -0.287 e. The van der Waals surface area contributed by atoms with Crippen molar-refractivity contribution in [3.8, 4) is 6.07 Å². The summed E-state index contributed by atoms with van der Waals surface area (Å²) < 4.78 is 2.19. The van der Waals surface area contributed by atoms with E-state index >= 15 is 0 Å². The molecule has 0 radical (unpaired) electrons. The van der Waals surface area contributed by atoms with Crippen molar-refractivity contribution in [1.82, 2.24) is 4.67 Å². The zero-order valence-electron chi connectivity index (χ0n) is 6.30. The molecule has 0 saturated carbocycles. The van der Waals surface area contributed by atoms with Crippen LogP contribution in [0.25, 0.3) is 0 Å². The summed E-state index contributed by atoms with van der Waals surface area (Å²) in [7, 11) is 2.68. The van der Waals surface area contributed by atoms with E-state index < -0.39 is 0 Å². The molecule has 1 unspecified atom stereocenters. The van der Waals surface area contributed by atoms with Crippen LogP contribution in [0.5, 0.6) is 0 Å². The van der Waals surface area contributed by atoms with Gasteiger partial charge in [-0.3, -0.25) is 4.67 Å². The number of hydrogen-bond acceptors (Lipinski definition) is 2. The molecule has 2 nitrogen and oxygen atoms in total. The Morgan fingerprint density at radius 1 is 1.50 bits per heavy atom. The Hall–Kier alpha value is -0.120. The minimum absolute atomic E-state index is 0.0485. The summed E-state index contributed by atoms with van der Waals surface area (Å²) in [6, 6.07) is 2.36. The lowest BCUT2D eigenvalue weighted by molar-refractivity contribution is 0.244. The highest BCUT2D eigenvalue weighted by Crippen LogP contribution is 2.30. The first-order chi connectivity index (χ1) is 4.66. The van der Waals surface area contributed by atoms with Crippen LogP contribution in [0.3, 0.4) is 0 Å². The van der Waals surface area contributed by atoms with Crippen molar-refractivity contribution in [1.29, 1.82) is 5.26 Å². The summed E-state index contributed by atoms with van der Waals surface area (Å²) in [5.41, 5.74) is -0.0485. The first-order valence-corrected chi connectivity index (χ1v) is 4.09. The third kappa shape index (κ3) is 1.68. The second kappa shape index (κ2) is 2.86. The van der Waals surface area contributed by atoms with Crippen molar-refractivity contribution in [2.45, 2.75) is 19.8 Å². The van der Waals surface area contributed by atoms with E-state index in [1.807, 2.05) is 6.92 Å². The van der Waals surface area contributed by atoms with Crippen molar-refractivity contribution < 1.29 is 0 Å². The Labute approximate surface area is 64.5 Å². The van der Waals surface area contributed by atoms with Gasteiger partial charge in [0.1, 0.15) is 0 Å². The largest absolute Gasteiger partial charge is 0.287 e. The summed E-state index contributed by atoms with van der Waals surface area (Å²) in [4.78, 5) is 0. The van der Waals surface area contributed by atoms with Gasteiger partial charge in [-0.1, -0.05) is 9.39 Å². The van der Waals surface area contributed by atoms with Gasteiger partial charge in [-0.2, -0.15) is 5.26 Å². The van der Waals surface area contributed by atoms with Gasteiger partial charge in [0.2, 0.25) is 0 Å². The zero-order valence-corrected chi connectivity index (χ0v) is 7.45. The average molecular weight is 156 g/mol. The molecule has 1 heterocycles. The van der Waals surface area contributed by atoms with Gasteiger partial charge < -0.3 is 0 Å².